The van der Waals surface area contributed by atoms with Crippen molar-refractivity contribution in [2.45, 2.75) is 97.1 Å². The highest BCUT2D eigenvalue weighted by atomic mass is 16.5. The summed E-state index contributed by atoms with van der Waals surface area (Å²) in [6.07, 6.45) is 11.5. The first-order valence-corrected chi connectivity index (χ1v) is 14.1. The van der Waals surface area contributed by atoms with Crippen molar-refractivity contribution < 1.29 is 14.3 Å². The molecule has 10 atom stereocenters. The molecule has 0 bridgehead atoms. The van der Waals surface area contributed by atoms with Crippen molar-refractivity contribution in [3.63, 3.8) is 0 Å². The average Bonchev–Trinajstić information content (AvgIpc) is 2.76. The zero-order valence-electron chi connectivity index (χ0n) is 23.2. The number of allylic oxidation sites excluding steroid dienone is 2. The zero-order chi connectivity index (χ0) is 25.6. The van der Waals surface area contributed by atoms with Gasteiger partial charge in [-0.3, -0.25) is 9.59 Å². The number of ether oxygens (including phenoxy) is 1. The summed E-state index contributed by atoms with van der Waals surface area (Å²) in [7, 11) is 5.80. The van der Waals surface area contributed by atoms with Gasteiger partial charge in [0.15, 0.2) is 5.78 Å². The van der Waals surface area contributed by atoms with E-state index in [0.717, 1.165) is 44.9 Å². The minimum atomic E-state index is -0.301. The van der Waals surface area contributed by atoms with Crippen LogP contribution >= 0.6 is 0 Å². The third-order valence-electron chi connectivity index (χ3n) is 12.3. The molecule has 196 valence electrons. The van der Waals surface area contributed by atoms with Crippen LogP contribution < -0.4 is 5.73 Å². The summed E-state index contributed by atoms with van der Waals surface area (Å²) in [6.45, 7) is 9.48. The molecule has 5 aliphatic rings. The summed E-state index contributed by atoms with van der Waals surface area (Å²) in [5.41, 5.74) is 8.33. The van der Waals surface area contributed by atoms with E-state index in [-0.39, 0.29) is 39.6 Å². The Morgan fingerprint density at radius 3 is 2.29 bits per heavy atom. The number of nitrogens with zero attached hydrogens (tertiary/aromatic N) is 1. The standard InChI is InChI=1S/C30H48N2O3/c1-27-12-8-18(26(34)35-7)16-21(27)19-17-22(33)25-28(2,20(19)9-13-27)14-10-23-29(25,3)15-11-24(32(5)6)30(23,4)31/h17-18,20-21,23-25H,8-16,31H2,1-7H3/t18?,20?,21?,23?,24?,25?,27?,28?,29-,30+/m0/s1. The fourth-order valence-corrected chi connectivity index (χ4v) is 10.7. The fraction of sp³-hybridized carbons (Fsp3) is 0.867. The highest BCUT2D eigenvalue weighted by Gasteiger charge is 2.67. The van der Waals surface area contributed by atoms with Gasteiger partial charge < -0.3 is 15.4 Å². The normalized spacial score (nSPS) is 51.5. The van der Waals surface area contributed by atoms with Crippen LogP contribution in [0.4, 0.5) is 0 Å². The molecule has 0 aliphatic heterocycles. The van der Waals surface area contributed by atoms with E-state index in [1.807, 2.05) is 0 Å². The van der Waals surface area contributed by atoms with E-state index >= 15 is 0 Å². The van der Waals surface area contributed by atoms with Gasteiger partial charge in [-0.1, -0.05) is 26.3 Å². The first-order chi connectivity index (χ1) is 16.3. The van der Waals surface area contributed by atoms with Gasteiger partial charge in [0.25, 0.3) is 0 Å². The Hall–Kier alpha value is -1.20. The second-order valence-electron chi connectivity index (χ2n) is 14.3. The van der Waals surface area contributed by atoms with Gasteiger partial charge in [-0.25, -0.2) is 0 Å². The molecule has 4 fully saturated rings. The van der Waals surface area contributed by atoms with E-state index in [9.17, 15) is 9.59 Å². The molecule has 8 unspecified atom stereocenters. The van der Waals surface area contributed by atoms with Gasteiger partial charge in [0, 0.05) is 17.5 Å². The van der Waals surface area contributed by atoms with Gasteiger partial charge in [-0.15, -0.1) is 0 Å². The number of fused-ring (bicyclic) bond motifs is 7. The first kappa shape index (κ1) is 25.4. The predicted octanol–water partition coefficient (Wildman–Crippen LogP) is 4.98. The van der Waals surface area contributed by atoms with Gasteiger partial charge >= 0.3 is 5.97 Å². The van der Waals surface area contributed by atoms with E-state index < -0.39 is 0 Å². The number of hydrogen-bond donors (Lipinski definition) is 1. The molecule has 2 N–H and O–H groups in total. The summed E-state index contributed by atoms with van der Waals surface area (Å²) < 4.78 is 5.14. The Labute approximate surface area is 212 Å². The lowest BCUT2D eigenvalue weighted by molar-refractivity contribution is -0.167. The van der Waals surface area contributed by atoms with Crippen molar-refractivity contribution in [3.05, 3.63) is 11.6 Å². The van der Waals surface area contributed by atoms with Gasteiger partial charge in [0.05, 0.1) is 13.0 Å². The number of likely N-dealkylation sites (N-methyl/N-ethyl adjacent to an activating group) is 1. The predicted molar refractivity (Wildman–Crippen MR) is 138 cm³/mol. The number of carbonyl (C=O) groups is 2. The molecule has 5 aliphatic carbocycles. The maximum absolute atomic E-state index is 14.2. The van der Waals surface area contributed by atoms with E-state index in [1.54, 1.807) is 0 Å². The highest BCUT2D eigenvalue weighted by molar-refractivity contribution is 5.95. The number of methoxy groups -OCH3 is 1. The maximum Gasteiger partial charge on any atom is 0.308 e. The van der Waals surface area contributed by atoms with Crippen LogP contribution in [-0.4, -0.2) is 49.4 Å². The van der Waals surface area contributed by atoms with Crippen molar-refractivity contribution in [1.82, 2.24) is 4.90 Å². The Bertz CT molecular complexity index is 940. The maximum atomic E-state index is 14.2. The minimum Gasteiger partial charge on any atom is -0.469 e. The molecule has 0 heterocycles. The van der Waals surface area contributed by atoms with Crippen LogP contribution in [-0.2, 0) is 14.3 Å². The van der Waals surface area contributed by atoms with E-state index in [1.165, 1.54) is 25.5 Å². The van der Waals surface area contributed by atoms with Crippen LogP contribution in [0.5, 0.6) is 0 Å². The molecular weight excluding hydrogens is 436 g/mol. The van der Waals surface area contributed by atoms with Gasteiger partial charge in [0.1, 0.15) is 0 Å². The van der Waals surface area contributed by atoms with Crippen molar-refractivity contribution in [1.29, 1.82) is 0 Å². The molecule has 0 amide bonds. The Morgan fingerprint density at radius 2 is 1.63 bits per heavy atom. The number of carbonyl (C=O) groups excluding carboxylic acids is 2. The Balaban J connectivity index is 1.53. The van der Waals surface area contributed by atoms with Gasteiger partial charge in [0.2, 0.25) is 0 Å². The molecule has 0 spiro atoms. The minimum absolute atomic E-state index is 0.0208. The van der Waals surface area contributed by atoms with Crippen molar-refractivity contribution in [2.75, 3.05) is 21.2 Å². The molecule has 5 heteroatoms. The zero-order valence-corrected chi connectivity index (χ0v) is 23.2. The molecule has 5 nitrogen and oxygen atoms in total. The third kappa shape index (κ3) is 3.46. The molecule has 0 aromatic heterocycles. The first-order valence-electron chi connectivity index (χ1n) is 14.1. The number of nitrogens with two attached hydrogens (primary N) is 1. The second-order valence-corrected chi connectivity index (χ2v) is 14.3. The second kappa shape index (κ2) is 8.15. The van der Waals surface area contributed by atoms with Crippen LogP contribution in [0, 0.1) is 45.8 Å². The van der Waals surface area contributed by atoms with Gasteiger partial charge in [-0.05, 0) is 119 Å². The van der Waals surface area contributed by atoms with Crippen molar-refractivity contribution >= 4 is 11.8 Å². The summed E-state index contributed by atoms with van der Waals surface area (Å²) in [5.74, 6) is 1.37. The molecule has 0 saturated heterocycles. The van der Waals surface area contributed by atoms with E-state index in [4.69, 9.17) is 10.5 Å². The number of rotatable bonds is 2. The largest absolute Gasteiger partial charge is 0.469 e. The lowest BCUT2D eigenvalue weighted by Crippen LogP contribution is -2.71. The molecule has 4 saturated carbocycles. The molecule has 5 rings (SSSR count). The van der Waals surface area contributed by atoms with Crippen LogP contribution in [0.3, 0.4) is 0 Å². The summed E-state index contributed by atoms with van der Waals surface area (Å²) in [4.78, 5) is 29.0. The van der Waals surface area contributed by atoms with Crippen LogP contribution in [0.15, 0.2) is 11.6 Å². The number of esters is 1. The fourth-order valence-electron chi connectivity index (χ4n) is 10.7. The summed E-state index contributed by atoms with van der Waals surface area (Å²) in [6, 6.07) is 0.350. The third-order valence-corrected chi connectivity index (χ3v) is 12.3. The van der Waals surface area contributed by atoms with Crippen LogP contribution in [0.1, 0.15) is 85.5 Å². The molecular formula is C30H48N2O3. The van der Waals surface area contributed by atoms with E-state index in [2.05, 4.69) is 52.8 Å². The SMILES string of the molecule is COC(=O)C1CCC2(C)CCC3C(=CC(=O)C4C3(C)CCC3[C@@](C)(N)C(N(C)C)CC[C@]43C)C2C1. The summed E-state index contributed by atoms with van der Waals surface area (Å²) in [5, 5.41) is 0. The molecule has 35 heavy (non-hydrogen) atoms. The summed E-state index contributed by atoms with van der Waals surface area (Å²) >= 11 is 0. The topological polar surface area (TPSA) is 72.6 Å². The van der Waals surface area contributed by atoms with Crippen LogP contribution in [0.2, 0.25) is 0 Å². The van der Waals surface area contributed by atoms with Gasteiger partial charge in [-0.2, -0.15) is 0 Å². The van der Waals surface area contributed by atoms with Crippen LogP contribution in [0.25, 0.3) is 0 Å². The molecule has 0 aromatic rings. The Kier molecular flexibility index (Phi) is 5.93. The highest BCUT2D eigenvalue weighted by Crippen LogP contribution is 2.69. The lowest BCUT2D eigenvalue weighted by Gasteiger charge is -2.67. The quantitative estimate of drug-likeness (QED) is 0.560. The number of ketones is 1. The monoisotopic (exact) mass is 484 g/mol. The van der Waals surface area contributed by atoms with Crippen molar-refractivity contribution in [3.8, 4) is 0 Å². The number of hydrogen-bond acceptors (Lipinski definition) is 5. The van der Waals surface area contributed by atoms with E-state index in [0.29, 0.717) is 29.6 Å². The smallest absolute Gasteiger partial charge is 0.308 e. The lowest BCUT2D eigenvalue weighted by atomic mass is 9.37. The molecule has 0 aromatic carbocycles. The average molecular weight is 485 g/mol. The van der Waals surface area contributed by atoms with Crippen molar-refractivity contribution in [2.24, 2.45) is 51.6 Å². The Morgan fingerprint density at radius 1 is 0.971 bits per heavy atom. The molecule has 0 radical (unpaired) electrons.